The Kier molecular flexibility index (Phi) is 5.74. The maximum atomic E-state index is 13.8. The average Bonchev–Trinajstić information content (AvgIpc) is 3.29. The van der Waals surface area contributed by atoms with Gasteiger partial charge >= 0.3 is 6.18 Å². The van der Waals surface area contributed by atoms with Crippen LogP contribution in [0.3, 0.4) is 0 Å². The highest BCUT2D eigenvalue weighted by Gasteiger charge is 2.39. The van der Waals surface area contributed by atoms with Gasteiger partial charge < -0.3 is 5.32 Å². The fraction of sp³-hybridized carbons (Fsp3) is 0.250. The molecule has 4 aromatic rings. The van der Waals surface area contributed by atoms with Gasteiger partial charge in [-0.2, -0.15) is 18.3 Å². The zero-order valence-corrected chi connectivity index (χ0v) is 18.0. The minimum absolute atomic E-state index is 0.275. The van der Waals surface area contributed by atoms with E-state index in [1.807, 2.05) is 0 Å². The number of amides is 1. The van der Waals surface area contributed by atoms with Crippen molar-refractivity contribution in [2.45, 2.75) is 25.1 Å². The summed E-state index contributed by atoms with van der Waals surface area (Å²) < 4.78 is 43.0. The number of hydrogen-bond acceptors (Lipinski definition) is 5. The van der Waals surface area contributed by atoms with Crippen LogP contribution in [0.2, 0.25) is 0 Å². The molecule has 0 aliphatic carbocycles. The largest absolute Gasteiger partial charge is 0.419 e. The molecule has 1 aliphatic rings. The van der Waals surface area contributed by atoms with Crippen molar-refractivity contribution in [1.29, 1.82) is 0 Å². The van der Waals surface area contributed by atoms with Gasteiger partial charge in [-0.25, -0.2) is 14.5 Å². The fourth-order valence-corrected chi connectivity index (χ4v) is 4.26. The molecule has 0 radical (unpaired) electrons. The van der Waals surface area contributed by atoms with Crippen molar-refractivity contribution in [3.8, 4) is 11.1 Å². The highest BCUT2D eigenvalue weighted by molar-refractivity contribution is 6.06. The van der Waals surface area contributed by atoms with Crippen LogP contribution in [0.4, 0.5) is 19.0 Å². The molecule has 1 aromatic carbocycles. The third-order valence-electron chi connectivity index (χ3n) is 5.90. The van der Waals surface area contributed by atoms with Gasteiger partial charge in [-0.15, -0.1) is 0 Å². The topological polar surface area (TPSA) is 75.4 Å². The molecule has 1 amide bonds. The van der Waals surface area contributed by atoms with Crippen molar-refractivity contribution < 1.29 is 18.0 Å². The summed E-state index contributed by atoms with van der Waals surface area (Å²) in [5, 5.41) is 7.45. The van der Waals surface area contributed by atoms with Crippen LogP contribution in [0.5, 0.6) is 0 Å². The molecule has 34 heavy (non-hydrogen) atoms. The Morgan fingerprint density at radius 3 is 2.62 bits per heavy atom. The van der Waals surface area contributed by atoms with Crippen molar-refractivity contribution >= 4 is 17.4 Å². The monoisotopic (exact) mass is 466 g/mol. The Morgan fingerprint density at radius 2 is 1.88 bits per heavy atom. The number of aromatic nitrogens is 4. The van der Waals surface area contributed by atoms with Gasteiger partial charge in [0, 0.05) is 36.3 Å². The van der Waals surface area contributed by atoms with Crippen molar-refractivity contribution in [2.24, 2.45) is 0 Å². The smallest absolute Gasteiger partial charge is 0.315 e. The zero-order chi connectivity index (χ0) is 23.7. The number of piperidine rings is 1. The van der Waals surface area contributed by atoms with Gasteiger partial charge in [0.15, 0.2) is 5.65 Å². The van der Waals surface area contributed by atoms with Gasteiger partial charge in [0.05, 0.1) is 17.8 Å². The van der Waals surface area contributed by atoms with Crippen LogP contribution in [0.1, 0.15) is 28.8 Å². The molecule has 0 saturated carbocycles. The minimum atomic E-state index is -4.63. The van der Waals surface area contributed by atoms with Crippen LogP contribution in [-0.4, -0.2) is 44.6 Å². The SMILES string of the molecule is O=C(c1ccc(-c2cnn3cccnc23)cc1)N(c1ncccc1C(F)(F)F)[C@@H]1CCCNC1. The van der Waals surface area contributed by atoms with Crippen molar-refractivity contribution in [3.63, 3.8) is 0 Å². The van der Waals surface area contributed by atoms with E-state index in [2.05, 4.69) is 20.4 Å². The van der Waals surface area contributed by atoms with Crippen LogP contribution in [0.15, 0.2) is 67.3 Å². The third-order valence-corrected chi connectivity index (χ3v) is 5.90. The molecular weight excluding hydrogens is 445 g/mol. The second kappa shape index (κ2) is 8.86. The number of rotatable bonds is 4. The molecule has 1 aliphatic heterocycles. The van der Waals surface area contributed by atoms with Gasteiger partial charge in [0.2, 0.25) is 0 Å². The lowest BCUT2D eigenvalue weighted by molar-refractivity contribution is -0.137. The van der Waals surface area contributed by atoms with Crippen LogP contribution in [-0.2, 0) is 6.18 Å². The summed E-state index contributed by atoms with van der Waals surface area (Å²) in [6, 6.07) is 10.2. The second-order valence-corrected chi connectivity index (χ2v) is 8.07. The first-order valence-corrected chi connectivity index (χ1v) is 10.9. The molecule has 1 N–H and O–H groups in total. The number of fused-ring (bicyclic) bond motifs is 1. The normalized spacial score (nSPS) is 16.5. The number of carbonyl (C=O) groups is 1. The molecule has 10 heteroatoms. The minimum Gasteiger partial charge on any atom is -0.315 e. The van der Waals surface area contributed by atoms with E-state index in [0.717, 1.165) is 30.2 Å². The standard InChI is InChI=1S/C24H21F3N6O/c25-24(26,27)20-5-2-11-30-22(20)33(18-4-1-10-28-14-18)23(34)17-8-6-16(7-9-17)19-15-31-32-13-3-12-29-21(19)32/h2-3,5-9,11-13,15,18,28H,1,4,10,14H2/t18-/m1/s1. The Morgan fingerprint density at radius 1 is 1.09 bits per heavy atom. The highest BCUT2D eigenvalue weighted by Crippen LogP contribution is 2.37. The van der Waals surface area contributed by atoms with Crippen molar-refractivity contribution in [3.05, 3.63) is 78.4 Å². The Hall–Kier alpha value is -3.79. The lowest BCUT2D eigenvalue weighted by atomic mass is 10.0. The number of halogens is 3. The number of benzene rings is 1. The molecule has 0 spiro atoms. The lowest BCUT2D eigenvalue weighted by Gasteiger charge is -2.35. The first-order valence-electron chi connectivity index (χ1n) is 10.9. The first kappa shape index (κ1) is 22.0. The van der Waals surface area contributed by atoms with Crippen molar-refractivity contribution in [2.75, 3.05) is 18.0 Å². The predicted molar refractivity (Wildman–Crippen MR) is 120 cm³/mol. The fourth-order valence-electron chi connectivity index (χ4n) is 4.26. The predicted octanol–water partition coefficient (Wildman–Crippen LogP) is 4.21. The highest BCUT2D eigenvalue weighted by atomic mass is 19.4. The summed E-state index contributed by atoms with van der Waals surface area (Å²) in [7, 11) is 0. The van der Waals surface area contributed by atoms with Gasteiger partial charge in [-0.05, 0) is 55.3 Å². The number of nitrogens with zero attached hydrogens (tertiary/aromatic N) is 5. The quantitative estimate of drug-likeness (QED) is 0.488. The lowest BCUT2D eigenvalue weighted by Crippen LogP contribution is -2.50. The number of alkyl halides is 3. The molecule has 0 unspecified atom stereocenters. The van der Waals surface area contributed by atoms with Gasteiger partial charge in [-0.1, -0.05) is 12.1 Å². The average molecular weight is 466 g/mol. The van der Waals surface area contributed by atoms with Gasteiger partial charge in [0.1, 0.15) is 5.82 Å². The Labute approximate surface area is 193 Å². The molecule has 1 atom stereocenters. The van der Waals surface area contributed by atoms with E-state index in [4.69, 9.17) is 0 Å². The van der Waals surface area contributed by atoms with E-state index in [0.29, 0.717) is 18.6 Å². The Balaban J connectivity index is 1.52. The molecule has 7 nitrogen and oxygen atoms in total. The second-order valence-electron chi connectivity index (χ2n) is 8.07. The van der Waals surface area contributed by atoms with Crippen LogP contribution < -0.4 is 10.2 Å². The Bertz CT molecular complexity index is 1310. The molecule has 4 heterocycles. The molecule has 0 bridgehead atoms. The summed E-state index contributed by atoms with van der Waals surface area (Å²) in [5.41, 5.74) is 1.60. The number of carbonyl (C=O) groups excluding carboxylic acids is 1. The molecule has 174 valence electrons. The molecule has 1 saturated heterocycles. The summed E-state index contributed by atoms with van der Waals surface area (Å²) in [4.78, 5) is 23.1. The number of nitrogens with one attached hydrogen (secondary N) is 1. The van der Waals surface area contributed by atoms with Gasteiger partial charge in [-0.3, -0.25) is 9.69 Å². The van der Waals surface area contributed by atoms with Crippen molar-refractivity contribution in [1.82, 2.24) is 24.9 Å². The third kappa shape index (κ3) is 4.12. The molecule has 5 rings (SSSR count). The number of hydrogen-bond donors (Lipinski definition) is 1. The zero-order valence-electron chi connectivity index (χ0n) is 18.0. The number of pyridine rings is 1. The van der Waals surface area contributed by atoms with E-state index >= 15 is 0 Å². The van der Waals surface area contributed by atoms with Crippen LogP contribution in [0.25, 0.3) is 16.8 Å². The molecular formula is C24H21F3N6O. The maximum Gasteiger partial charge on any atom is 0.419 e. The van der Waals surface area contributed by atoms with Crippen LogP contribution in [0, 0.1) is 0 Å². The first-order chi connectivity index (χ1) is 16.4. The van der Waals surface area contributed by atoms with E-state index < -0.39 is 23.7 Å². The summed E-state index contributed by atoms with van der Waals surface area (Å²) in [6.45, 7) is 1.15. The van der Waals surface area contributed by atoms with Crippen LogP contribution >= 0.6 is 0 Å². The molecule has 1 fully saturated rings. The van der Waals surface area contributed by atoms with E-state index in [-0.39, 0.29) is 11.4 Å². The van der Waals surface area contributed by atoms with Gasteiger partial charge in [0.25, 0.3) is 5.91 Å². The van der Waals surface area contributed by atoms with E-state index in [9.17, 15) is 18.0 Å². The van der Waals surface area contributed by atoms with E-state index in [1.165, 1.54) is 17.2 Å². The summed E-state index contributed by atoms with van der Waals surface area (Å²) >= 11 is 0. The number of anilines is 1. The maximum absolute atomic E-state index is 13.8. The summed E-state index contributed by atoms with van der Waals surface area (Å²) in [5.74, 6) is -0.896. The molecule has 3 aromatic heterocycles. The summed E-state index contributed by atoms with van der Waals surface area (Å²) in [6.07, 6.45) is 3.11. The van der Waals surface area contributed by atoms with E-state index in [1.54, 1.807) is 53.4 Å².